The van der Waals surface area contributed by atoms with Gasteiger partial charge in [0.15, 0.2) is 0 Å². The second-order valence-corrected chi connectivity index (χ2v) is 1.26. The Morgan fingerprint density at radius 3 is 1.89 bits per heavy atom. The molecule has 0 spiro atoms. The minimum Gasteiger partial charge on any atom is -0.533 e. The van der Waals surface area contributed by atoms with Crippen LogP contribution in [0.4, 0.5) is 0 Å². The summed E-state index contributed by atoms with van der Waals surface area (Å²) in [6.07, 6.45) is 0. The summed E-state index contributed by atoms with van der Waals surface area (Å²) < 4.78 is 0. The molecule has 0 aromatic heterocycles. The van der Waals surface area contributed by atoms with Crippen molar-refractivity contribution in [2.45, 2.75) is 0 Å². The van der Waals surface area contributed by atoms with Gasteiger partial charge in [-0.05, 0) is 0 Å². The molecule has 2 heteroatoms. The van der Waals surface area contributed by atoms with Gasteiger partial charge in [-0.3, -0.25) is 0 Å². The summed E-state index contributed by atoms with van der Waals surface area (Å²) in [5, 5.41) is 8.61. The Morgan fingerprint density at radius 2 is 1.67 bits per heavy atom. The van der Waals surface area contributed by atoms with E-state index < -0.39 is 0 Å². The molecule has 0 unspecified atom stereocenters. The predicted molar refractivity (Wildman–Crippen MR) is 33.4 cm³/mol. The van der Waals surface area contributed by atoms with Crippen molar-refractivity contribution in [1.29, 1.82) is 0 Å². The third kappa shape index (κ3) is 4.62. The predicted octanol–water partition coefficient (Wildman–Crippen LogP) is 1.64. The van der Waals surface area contributed by atoms with Crippen LogP contribution in [-0.2, 0) is 32.7 Å². The molecule has 0 saturated heterocycles. The summed E-state index contributed by atoms with van der Waals surface area (Å²) in [6, 6.07) is 9.26. The summed E-state index contributed by atoms with van der Waals surface area (Å²) >= 11 is 0. The molecule has 0 saturated carbocycles. The topological polar surface area (TPSA) is 20.2 Å². The SMILES string of the molecule is Oc1cc[c-]cc1.[CH3-].[Y]. The molecule has 0 bridgehead atoms. The van der Waals surface area contributed by atoms with Crippen LogP contribution in [0.25, 0.3) is 0 Å². The third-order valence-corrected chi connectivity index (χ3v) is 0.701. The molecule has 1 aromatic carbocycles. The average molecular weight is 197 g/mol. The minimum atomic E-state index is 0. The Morgan fingerprint density at radius 1 is 1.22 bits per heavy atom. The molecule has 0 aliphatic rings. The van der Waals surface area contributed by atoms with E-state index in [9.17, 15) is 0 Å². The van der Waals surface area contributed by atoms with Gasteiger partial charge in [0.05, 0.1) is 0 Å². The first-order chi connectivity index (χ1) is 3.39. The fraction of sp³-hybridized carbons (Fsp3) is 0. The van der Waals surface area contributed by atoms with E-state index in [0.29, 0.717) is 5.75 Å². The van der Waals surface area contributed by atoms with Gasteiger partial charge in [0.2, 0.25) is 0 Å². The maximum atomic E-state index is 8.61. The van der Waals surface area contributed by atoms with Gasteiger partial charge in [0.1, 0.15) is 0 Å². The smallest absolute Gasteiger partial charge is 0.00821 e. The molecular formula is C7H8OY-2. The van der Waals surface area contributed by atoms with Crippen LogP contribution in [0.5, 0.6) is 5.75 Å². The van der Waals surface area contributed by atoms with E-state index in [4.69, 9.17) is 5.11 Å². The van der Waals surface area contributed by atoms with Crippen LogP contribution in [0.3, 0.4) is 0 Å². The molecule has 1 rings (SSSR count). The Bertz CT molecular complexity index is 139. The second kappa shape index (κ2) is 6.25. The zero-order valence-electron chi connectivity index (χ0n) is 5.33. The van der Waals surface area contributed by atoms with Crippen LogP contribution in [0.15, 0.2) is 24.3 Å². The van der Waals surface area contributed by atoms with Crippen LogP contribution in [-0.4, -0.2) is 5.11 Å². The van der Waals surface area contributed by atoms with Crippen LogP contribution >= 0.6 is 0 Å². The molecule has 1 nitrogen and oxygen atoms in total. The molecule has 47 valence electrons. The van der Waals surface area contributed by atoms with Crippen molar-refractivity contribution in [2.75, 3.05) is 0 Å². The van der Waals surface area contributed by atoms with Crippen LogP contribution < -0.4 is 0 Å². The van der Waals surface area contributed by atoms with E-state index in [1.165, 1.54) is 0 Å². The van der Waals surface area contributed by atoms with Crippen LogP contribution in [0.1, 0.15) is 0 Å². The van der Waals surface area contributed by atoms with E-state index in [-0.39, 0.29) is 40.1 Å². The first-order valence-corrected chi connectivity index (χ1v) is 2.04. The van der Waals surface area contributed by atoms with E-state index >= 15 is 0 Å². The van der Waals surface area contributed by atoms with E-state index in [1.54, 1.807) is 24.3 Å². The van der Waals surface area contributed by atoms with Gasteiger partial charge in [-0.25, -0.2) is 0 Å². The maximum Gasteiger partial charge on any atom is 0.00821 e. The van der Waals surface area contributed by atoms with Crippen molar-refractivity contribution >= 4 is 0 Å². The van der Waals surface area contributed by atoms with E-state index in [0.717, 1.165) is 0 Å². The van der Waals surface area contributed by atoms with Gasteiger partial charge in [-0.2, -0.15) is 18.2 Å². The standard InChI is InChI=1S/C6H5O.CH3.Y/c7-6-4-2-1-3-5-6;;/h2-5,7H;1H3;/q2*-1;. The second-order valence-electron chi connectivity index (χ2n) is 1.26. The van der Waals surface area contributed by atoms with Gasteiger partial charge < -0.3 is 12.5 Å². The Hall–Kier alpha value is 0.124. The molecule has 0 fully saturated rings. The first-order valence-electron chi connectivity index (χ1n) is 2.04. The van der Waals surface area contributed by atoms with E-state index in [2.05, 4.69) is 6.07 Å². The quantitative estimate of drug-likeness (QED) is 0.627. The summed E-state index contributed by atoms with van der Waals surface area (Å²) in [6.45, 7) is 0. The molecule has 9 heavy (non-hydrogen) atoms. The van der Waals surface area contributed by atoms with Gasteiger partial charge in [0.25, 0.3) is 0 Å². The van der Waals surface area contributed by atoms with Crippen molar-refractivity contribution in [2.24, 2.45) is 0 Å². The number of phenols is 1. The summed E-state index contributed by atoms with van der Waals surface area (Å²) in [5.41, 5.74) is 0. The number of hydrogen-bond donors (Lipinski definition) is 1. The summed E-state index contributed by atoms with van der Waals surface area (Å²) in [7, 11) is 0. The monoisotopic (exact) mass is 197 g/mol. The first kappa shape index (κ1) is 11.9. The molecule has 0 aliphatic heterocycles. The molecule has 0 aliphatic carbocycles. The molecule has 0 heterocycles. The van der Waals surface area contributed by atoms with Crippen LogP contribution in [0.2, 0.25) is 0 Å². The van der Waals surface area contributed by atoms with Gasteiger partial charge in [-0.15, -0.1) is 12.1 Å². The zero-order valence-corrected chi connectivity index (χ0v) is 8.17. The fourth-order valence-corrected chi connectivity index (χ4v) is 0.378. The maximum absolute atomic E-state index is 8.61. The normalized spacial score (nSPS) is 6.67. The number of phenolic OH excluding ortho intramolecular Hbond substituents is 1. The molecule has 0 atom stereocenters. The van der Waals surface area contributed by atoms with E-state index in [1.807, 2.05) is 0 Å². The molecule has 0 amide bonds. The summed E-state index contributed by atoms with van der Waals surface area (Å²) in [4.78, 5) is 0. The molecular weight excluding hydrogens is 189 g/mol. The number of hydrogen-bond acceptors (Lipinski definition) is 1. The van der Waals surface area contributed by atoms with Crippen molar-refractivity contribution < 1.29 is 37.8 Å². The molecule has 1 radical (unpaired) electrons. The molecule has 1 N–H and O–H groups in total. The fourth-order valence-electron chi connectivity index (χ4n) is 0.378. The zero-order chi connectivity index (χ0) is 5.11. The Kier molecular flexibility index (Phi) is 8.24. The summed E-state index contributed by atoms with van der Waals surface area (Å²) in [5.74, 6) is 0.291. The van der Waals surface area contributed by atoms with Crippen molar-refractivity contribution in [3.05, 3.63) is 37.8 Å². The van der Waals surface area contributed by atoms with Gasteiger partial charge in [0, 0.05) is 38.5 Å². The number of rotatable bonds is 0. The largest absolute Gasteiger partial charge is 0.533 e. The third-order valence-electron chi connectivity index (χ3n) is 0.701. The average Bonchev–Trinajstić information content (AvgIpc) is 1.69. The number of aromatic hydroxyl groups is 1. The van der Waals surface area contributed by atoms with Gasteiger partial charge >= 0.3 is 0 Å². The van der Waals surface area contributed by atoms with Crippen LogP contribution in [0, 0.1) is 13.5 Å². The number of benzene rings is 1. The van der Waals surface area contributed by atoms with Crippen molar-refractivity contribution in [1.82, 2.24) is 0 Å². The minimum absolute atomic E-state index is 0. The van der Waals surface area contributed by atoms with Crippen molar-refractivity contribution in [3.63, 3.8) is 0 Å². The van der Waals surface area contributed by atoms with Gasteiger partial charge in [-0.1, -0.05) is 0 Å². The van der Waals surface area contributed by atoms with Crippen molar-refractivity contribution in [3.8, 4) is 5.75 Å². The Labute approximate surface area is 81.0 Å². The Balaban J connectivity index is 0. The molecule has 1 aromatic rings.